The first-order chi connectivity index (χ1) is 15.1. The number of nitrogens with zero attached hydrogens (tertiary/aromatic N) is 2. The first kappa shape index (κ1) is 23.5. The molecule has 0 bridgehead atoms. The molecule has 3 rings (SSSR count). The number of nitrogens with one attached hydrogen (secondary N) is 1. The molecule has 0 atom stereocenters. The summed E-state index contributed by atoms with van der Waals surface area (Å²) in [5, 5.41) is 12.5. The van der Waals surface area contributed by atoms with Gasteiger partial charge >= 0.3 is 12.1 Å². The van der Waals surface area contributed by atoms with Crippen molar-refractivity contribution in [3.8, 4) is 17.0 Å². The first-order valence-corrected chi connectivity index (χ1v) is 10.7. The molecule has 0 amide bonds. The monoisotopic (exact) mass is 465 g/mol. The van der Waals surface area contributed by atoms with Gasteiger partial charge in [0.05, 0.1) is 17.9 Å². The highest BCUT2D eigenvalue weighted by molar-refractivity contribution is 7.16. The fourth-order valence-corrected chi connectivity index (χ4v) is 4.22. The standard InChI is InChI=1S/C22H22F3N3O3S/c1-4-31-15-7-5-6-13(9-15)18-17(8-12(2)3)32-21(27-18)28-19-16(20(29)30)10-14(11-26-19)22(23,24)25/h5-7,9-12H,4,8H2,1-3H3,(H,29,30)(H,26,27,28). The number of carbonyl (C=O) groups is 1. The van der Waals surface area contributed by atoms with Crippen LogP contribution >= 0.6 is 11.3 Å². The van der Waals surface area contributed by atoms with Gasteiger partial charge in [0.1, 0.15) is 17.1 Å². The highest BCUT2D eigenvalue weighted by Gasteiger charge is 2.32. The molecule has 2 N–H and O–H groups in total. The normalized spacial score (nSPS) is 11.6. The lowest BCUT2D eigenvalue weighted by atomic mass is 10.0. The van der Waals surface area contributed by atoms with Gasteiger partial charge in [-0.05, 0) is 37.5 Å². The summed E-state index contributed by atoms with van der Waals surface area (Å²) in [6, 6.07) is 8.01. The van der Waals surface area contributed by atoms with Crippen LogP contribution in [0.3, 0.4) is 0 Å². The van der Waals surface area contributed by atoms with Crippen molar-refractivity contribution >= 4 is 28.3 Å². The van der Waals surface area contributed by atoms with Crippen molar-refractivity contribution in [1.29, 1.82) is 0 Å². The van der Waals surface area contributed by atoms with E-state index in [1.54, 1.807) is 0 Å². The van der Waals surface area contributed by atoms with Crippen molar-refractivity contribution in [2.45, 2.75) is 33.4 Å². The summed E-state index contributed by atoms with van der Waals surface area (Å²) in [5.41, 5.74) is -0.180. The van der Waals surface area contributed by atoms with Crippen molar-refractivity contribution in [2.75, 3.05) is 11.9 Å². The minimum atomic E-state index is -4.69. The van der Waals surface area contributed by atoms with E-state index in [-0.39, 0.29) is 5.82 Å². The first-order valence-electron chi connectivity index (χ1n) is 9.89. The predicted molar refractivity (Wildman–Crippen MR) is 117 cm³/mol. The van der Waals surface area contributed by atoms with Crippen LogP contribution in [0.1, 0.15) is 41.6 Å². The van der Waals surface area contributed by atoms with Crippen LogP contribution in [-0.4, -0.2) is 27.7 Å². The predicted octanol–water partition coefficient (Wildman–Crippen LogP) is 6.26. The molecular weight excluding hydrogens is 443 g/mol. The van der Waals surface area contributed by atoms with Gasteiger partial charge in [-0.25, -0.2) is 14.8 Å². The van der Waals surface area contributed by atoms with Crippen LogP contribution in [0.4, 0.5) is 24.1 Å². The zero-order valence-electron chi connectivity index (χ0n) is 17.7. The molecule has 0 unspecified atom stereocenters. The maximum atomic E-state index is 13.0. The lowest BCUT2D eigenvalue weighted by Crippen LogP contribution is -2.11. The Labute approximate surface area is 187 Å². The molecule has 0 aliphatic heterocycles. The Balaban J connectivity index is 2.01. The Bertz CT molecular complexity index is 1110. The van der Waals surface area contributed by atoms with Crippen molar-refractivity contribution in [3.63, 3.8) is 0 Å². The molecular formula is C22H22F3N3O3S. The fraction of sp³-hybridized carbons (Fsp3) is 0.318. The molecule has 0 aliphatic rings. The third-order valence-electron chi connectivity index (χ3n) is 4.38. The number of hydrogen-bond acceptors (Lipinski definition) is 6. The Morgan fingerprint density at radius 3 is 2.66 bits per heavy atom. The van der Waals surface area contributed by atoms with Crippen LogP contribution in [0.2, 0.25) is 0 Å². The summed E-state index contributed by atoms with van der Waals surface area (Å²) in [6.45, 7) is 6.53. The van der Waals surface area contributed by atoms with E-state index in [0.29, 0.717) is 41.4 Å². The second-order valence-corrected chi connectivity index (χ2v) is 8.48. The number of halogens is 3. The number of carboxylic acid groups (broad SMARTS) is 1. The number of thiazole rings is 1. The summed E-state index contributed by atoms with van der Waals surface area (Å²) < 4.78 is 44.5. The van der Waals surface area contributed by atoms with Gasteiger partial charge in [-0.15, -0.1) is 11.3 Å². The molecule has 2 aromatic heterocycles. The fourth-order valence-electron chi connectivity index (χ4n) is 3.02. The Kier molecular flexibility index (Phi) is 7.02. The van der Waals surface area contributed by atoms with Crippen LogP contribution in [-0.2, 0) is 12.6 Å². The van der Waals surface area contributed by atoms with E-state index in [9.17, 15) is 23.1 Å². The molecule has 0 radical (unpaired) electrons. The van der Waals surface area contributed by atoms with Crippen LogP contribution in [0.15, 0.2) is 36.5 Å². The van der Waals surface area contributed by atoms with Crippen LogP contribution < -0.4 is 10.1 Å². The number of pyridine rings is 1. The number of alkyl halides is 3. The van der Waals surface area contributed by atoms with Gasteiger partial charge in [0.15, 0.2) is 5.13 Å². The SMILES string of the molecule is CCOc1cccc(-c2nc(Nc3ncc(C(F)(F)F)cc3C(=O)O)sc2CC(C)C)c1. The highest BCUT2D eigenvalue weighted by Crippen LogP contribution is 2.36. The quantitative estimate of drug-likeness (QED) is 0.408. The minimum absolute atomic E-state index is 0.204. The zero-order valence-corrected chi connectivity index (χ0v) is 18.5. The Hall–Kier alpha value is -3.14. The van der Waals surface area contributed by atoms with Gasteiger partial charge in [0, 0.05) is 16.6 Å². The molecule has 6 nitrogen and oxygen atoms in total. The molecule has 2 heterocycles. The minimum Gasteiger partial charge on any atom is -0.494 e. The number of carboxylic acids is 1. The summed E-state index contributed by atoms with van der Waals surface area (Å²) >= 11 is 1.31. The Morgan fingerprint density at radius 2 is 2.03 bits per heavy atom. The largest absolute Gasteiger partial charge is 0.494 e. The van der Waals surface area contributed by atoms with Gasteiger partial charge in [-0.3, -0.25) is 0 Å². The number of aromatic nitrogens is 2. The number of ether oxygens (including phenoxy) is 1. The third kappa shape index (κ3) is 5.56. The van der Waals surface area contributed by atoms with E-state index in [0.717, 1.165) is 16.9 Å². The van der Waals surface area contributed by atoms with E-state index in [1.807, 2.05) is 31.2 Å². The molecule has 170 valence electrons. The molecule has 0 spiro atoms. The van der Waals surface area contributed by atoms with Gasteiger partial charge in [-0.2, -0.15) is 13.2 Å². The number of benzene rings is 1. The number of rotatable bonds is 8. The highest BCUT2D eigenvalue weighted by atomic mass is 32.1. The summed E-state index contributed by atoms with van der Waals surface area (Å²) in [7, 11) is 0. The molecule has 0 aliphatic carbocycles. The molecule has 32 heavy (non-hydrogen) atoms. The number of anilines is 2. The maximum absolute atomic E-state index is 13.0. The van der Waals surface area contributed by atoms with Gasteiger partial charge < -0.3 is 15.2 Å². The van der Waals surface area contributed by atoms with Gasteiger partial charge in [0.25, 0.3) is 0 Å². The summed E-state index contributed by atoms with van der Waals surface area (Å²) in [6.07, 6.45) is -3.37. The zero-order chi connectivity index (χ0) is 23.5. The van der Waals surface area contributed by atoms with Gasteiger partial charge in [-0.1, -0.05) is 26.0 Å². The van der Waals surface area contributed by atoms with E-state index in [4.69, 9.17) is 4.74 Å². The van der Waals surface area contributed by atoms with E-state index >= 15 is 0 Å². The maximum Gasteiger partial charge on any atom is 0.417 e. The van der Waals surface area contributed by atoms with Gasteiger partial charge in [0.2, 0.25) is 0 Å². The number of aromatic carboxylic acids is 1. The lowest BCUT2D eigenvalue weighted by molar-refractivity contribution is -0.137. The van der Waals surface area contributed by atoms with Crippen molar-refractivity contribution < 1.29 is 27.8 Å². The Morgan fingerprint density at radius 1 is 1.28 bits per heavy atom. The van der Waals surface area contributed by atoms with Crippen LogP contribution in [0.5, 0.6) is 5.75 Å². The van der Waals surface area contributed by atoms with E-state index < -0.39 is 23.3 Å². The van der Waals surface area contributed by atoms with Crippen molar-refractivity contribution in [3.05, 3.63) is 52.5 Å². The van der Waals surface area contributed by atoms with E-state index in [2.05, 4.69) is 29.1 Å². The summed E-state index contributed by atoms with van der Waals surface area (Å²) in [5.74, 6) is -0.698. The average Bonchev–Trinajstić information content (AvgIpc) is 3.09. The second kappa shape index (κ2) is 9.56. The molecule has 10 heteroatoms. The molecule has 0 saturated heterocycles. The van der Waals surface area contributed by atoms with Crippen LogP contribution in [0, 0.1) is 5.92 Å². The molecule has 0 fully saturated rings. The summed E-state index contributed by atoms with van der Waals surface area (Å²) in [4.78, 5) is 20.8. The third-order valence-corrected chi connectivity index (χ3v) is 5.37. The smallest absolute Gasteiger partial charge is 0.417 e. The topological polar surface area (TPSA) is 84.3 Å². The molecule has 0 saturated carbocycles. The molecule has 3 aromatic rings. The second-order valence-electron chi connectivity index (χ2n) is 7.40. The lowest BCUT2D eigenvalue weighted by Gasteiger charge is -2.10. The van der Waals surface area contributed by atoms with Crippen molar-refractivity contribution in [1.82, 2.24) is 9.97 Å². The van der Waals surface area contributed by atoms with E-state index in [1.165, 1.54) is 11.3 Å². The number of hydrogen-bond donors (Lipinski definition) is 2. The van der Waals surface area contributed by atoms with Crippen LogP contribution in [0.25, 0.3) is 11.3 Å². The average molecular weight is 465 g/mol. The molecule has 1 aromatic carbocycles. The van der Waals surface area contributed by atoms with Crippen molar-refractivity contribution in [2.24, 2.45) is 5.92 Å².